The minimum Gasteiger partial charge on any atom is -0.223 e. The Morgan fingerprint density at radius 2 is 1.27 bits per heavy atom. The van der Waals surface area contributed by atoms with E-state index in [9.17, 15) is 38.8 Å². The molecule has 5 nitrogen and oxygen atoms in total. The van der Waals surface area contributed by atoms with Crippen molar-refractivity contribution < 1.29 is 38.8 Å². The number of halogens is 5. The lowest BCUT2D eigenvalue weighted by Crippen LogP contribution is -2.50. The normalized spacial score (nSPS) is 20.4. The molecule has 2 atom stereocenters. The van der Waals surface area contributed by atoms with Crippen LogP contribution in [-0.2, 0) is 19.9 Å². The molecule has 0 aliphatic carbocycles. The molecule has 1 aliphatic heterocycles. The highest BCUT2D eigenvalue weighted by Gasteiger charge is 2.54. The molecule has 1 aliphatic rings. The van der Waals surface area contributed by atoms with Gasteiger partial charge >= 0.3 is 0 Å². The first-order valence-electron chi connectivity index (χ1n) is 9.86. The molecule has 1 heterocycles. The van der Waals surface area contributed by atoms with Gasteiger partial charge in [-0.25, -0.2) is 38.8 Å². The topological polar surface area (TPSA) is 71.5 Å². The Balaban J connectivity index is 2.18. The lowest BCUT2D eigenvalue weighted by atomic mass is 9.86. The molecule has 12 heteroatoms. The molecule has 0 unspecified atom stereocenters. The van der Waals surface area contributed by atoms with Crippen LogP contribution in [0.5, 0.6) is 0 Å². The summed E-state index contributed by atoms with van der Waals surface area (Å²) in [5.74, 6) is -12.2. The zero-order valence-electron chi connectivity index (χ0n) is 18.2. The third-order valence-electron chi connectivity index (χ3n) is 5.66. The summed E-state index contributed by atoms with van der Waals surface area (Å²) < 4.78 is 124. The van der Waals surface area contributed by atoms with Gasteiger partial charge < -0.3 is 0 Å². The molecule has 0 aromatic heterocycles. The van der Waals surface area contributed by atoms with E-state index >= 15 is 0 Å². The van der Waals surface area contributed by atoms with Crippen molar-refractivity contribution in [2.75, 3.05) is 6.54 Å². The third-order valence-corrected chi connectivity index (χ3v) is 9.78. The first kappa shape index (κ1) is 25.6. The molecule has 1 fully saturated rings. The molecule has 2 aromatic carbocycles. The van der Waals surface area contributed by atoms with Crippen molar-refractivity contribution in [2.45, 2.75) is 55.2 Å². The first-order chi connectivity index (χ1) is 15.0. The largest absolute Gasteiger partial charge is 0.243 e. The van der Waals surface area contributed by atoms with E-state index in [1.807, 2.05) is 0 Å². The van der Waals surface area contributed by atoms with Crippen molar-refractivity contribution in [2.24, 2.45) is 5.41 Å². The van der Waals surface area contributed by atoms with Gasteiger partial charge in [0.2, 0.25) is 15.8 Å². The maximum Gasteiger partial charge on any atom is 0.243 e. The molecular weight excluding hydrogens is 489 g/mol. The highest BCUT2D eigenvalue weighted by molar-refractivity contribution is 7.92. The fourth-order valence-corrected chi connectivity index (χ4v) is 8.38. The predicted molar refractivity (Wildman–Crippen MR) is 110 cm³/mol. The van der Waals surface area contributed by atoms with Gasteiger partial charge in [0.15, 0.2) is 33.1 Å². The SMILES string of the molecule is Cc1ccc(S(=O)(=O)N2CC[C@H](S(=O)(=O)c3c(F)c(F)c(F)c(F)c3F)[C@H]2C(C)(C)C)cc1. The smallest absolute Gasteiger partial charge is 0.223 e. The summed E-state index contributed by atoms with van der Waals surface area (Å²) in [7, 11) is -9.41. The predicted octanol–water partition coefficient (Wildman–Crippen LogP) is 4.34. The molecule has 182 valence electrons. The van der Waals surface area contributed by atoms with Crippen molar-refractivity contribution in [1.29, 1.82) is 0 Å². The zero-order valence-corrected chi connectivity index (χ0v) is 19.8. The summed E-state index contributed by atoms with van der Waals surface area (Å²) >= 11 is 0. The monoisotopic (exact) mass is 511 g/mol. The molecule has 0 amide bonds. The Bertz CT molecular complexity index is 1270. The van der Waals surface area contributed by atoms with E-state index in [1.54, 1.807) is 19.1 Å². The Labute approximate surface area is 189 Å². The Kier molecular flexibility index (Phi) is 6.44. The maximum atomic E-state index is 14.4. The molecule has 0 N–H and O–H groups in total. The van der Waals surface area contributed by atoms with E-state index < -0.39 is 77.0 Å². The summed E-state index contributed by atoms with van der Waals surface area (Å²) in [5, 5.41) is -1.74. The number of sulfonamides is 1. The molecule has 3 rings (SSSR count). The summed E-state index contributed by atoms with van der Waals surface area (Å²) in [4.78, 5) is -2.07. The molecule has 33 heavy (non-hydrogen) atoms. The number of rotatable bonds is 4. The van der Waals surface area contributed by atoms with Gasteiger partial charge in [-0.2, -0.15) is 4.31 Å². The minimum absolute atomic E-state index is 0.114. The van der Waals surface area contributed by atoms with Crippen molar-refractivity contribution in [3.63, 3.8) is 0 Å². The lowest BCUT2D eigenvalue weighted by Gasteiger charge is -2.37. The third kappa shape index (κ3) is 4.17. The lowest BCUT2D eigenvalue weighted by molar-refractivity contribution is 0.217. The Morgan fingerprint density at radius 3 is 1.73 bits per heavy atom. The average molecular weight is 512 g/mol. The zero-order chi connectivity index (χ0) is 25.1. The van der Waals surface area contributed by atoms with Gasteiger partial charge in [0, 0.05) is 12.6 Å². The van der Waals surface area contributed by atoms with Gasteiger partial charge in [0.1, 0.15) is 4.90 Å². The van der Waals surface area contributed by atoms with Gasteiger partial charge in [0.25, 0.3) is 0 Å². The number of benzene rings is 2. The second-order valence-electron chi connectivity index (χ2n) is 9.01. The van der Waals surface area contributed by atoms with Gasteiger partial charge in [0.05, 0.1) is 10.1 Å². The number of hydrogen-bond acceptors (Lipinski definition) is 4. The molecule has 0 radical (unpaired) electrons. The Morgan fingerprint density at radius 1 is 0.818 bits per heavy atom. The second-order valence-corrected chi connectivity index (χ2v) is 13.0. The van der Waals surface area contributed by atoms with Crippen molar-refractivity contribution >= 4 is 19.9 Å². The van der Waals surface area contributed by atoms with Crippen molar-refractivity contribution in [3.05, 3.63) is 58.9 Å². The van der Waals surface area contributed by atoms with Crippen LogP contribution in [0.2, 0.25) is 0 Å². The van der Waals surface area contributed by atoms with Crippen LogP contribution >= 0.6 is 0 Å². The van der Waals surface area contributed by atoms with Crippen LogP contribution in [0.3, 0.4) is 0 Å². The van der Waals surface area contributed by atoms with Crippen molar-refractivity contribution in [1.82, 2.24) is 4.31 Å². The summed E-state index contributed by atoms with van der Waals surface area (Å²) in [6.07, 6.45) is -0.394. The molecule has 1 saturated heterocycles. The molecule has 0 spiro atoms. The van der Waals surface area contributed by atoms with Crippen LogP contribution in [-0.4, -0.2) is 39.0 Å². The van der Waals surface area contributed by atoms with Crippen molar-refractivity contribution in [3.8, 4) is 0 Å². The van der Waals surface area contributed by atoms with Crippen LogP contribution < -0.4 is 0 Å². The van der Waals surface area contributed by atoms with E-state index in [2.05, 4.69) is 0 Å². The van der Waals surface area contributed by atoms with Crippen LogP contribution in [0.25, 0.3) is 0 Å². The highest BCUT2D eigenvalue weighted by Crippen LogP contribution is 2.42. The van der Waals surface area contributed by atoms with Crippen LogP contribution in [0.1, 0.15) is 32.8 Å². The molecular formula is C21H22F5NO4S2. The second kappa shape index (κ2) is 8.31. The number of sulfone groups is 1. The van der Waals surface area contributed by atoms with E-state index in [-0.39, 0.29) is 11.4 Å². The Hall–Kier alpha value is -2.05. The van der Waals surface area contributed by atoms with E-state index in [4.69, 9.17) is 0 Å². The number of nitrogens with zero attached hydrogens (tertiary/aromatic N) is 1. The fourth-order valence-electron chi connectivity index (χ4n) is 4.15. The van der Waals surface area contributed by atoms with E-state index in [0.29, 0.717) is 0 Å². The van der Waals surface area contributed by atoms with Crippen LogP contribution in [0, 0.1) is 41.4 Å². The van der Waals surface area contributed by atoms with Crippen LogP contribution in [0.4, 0.5) is 22.0 Å². The first-order valence-corrected chi connectivity index (χ1v) is 12.9. The summed E-state index contributed by atoms with van der Waals surface area (Å²) in [5.41, 5.74) is -0.287. The number of hydrogen-bond donors (Lipinski definition) is 0. The highest BCUT2D eigenvalue weighted by atomic mass is 32.2. The minimum atomic E-state index is -5.18. The average Bonchev–Trinajstić information content (AvgIpc) is 3.19. The summed E-state index contributed by atoms with van der Waals surface area (Å²) in [6, 6.07) is 4.45. The summed E-state index contributed by atoms with van der Waals surface area (Å²) in [6.45, 7) is 6.01. The quantitative estimate of drug-likeness (QED) is 0.265. The maximum absolute atomic E-state index is 14.4. The van der Waals surface area contributed by atoms with E-state index in [0.717, 1.165) is 9.87 Å². The van der Waals surface area contributed by atoms with Gasteiger partial charge in [-0.05, 0) is 30.9 Å². The van der Waals surface area contributed by atoms with Gasteiger partial charge in [-0.15, -0.1) is 0 Å². The van der Waals surface area contributed by atoms with Gasteiger partial charge in [-0.3, -0.25) is 0 Å². The fraction of sp³-hybridized carbons (Fsp3) is 0.429. The van der Waals surface area contributed by atoms with Gasteiger partial charge in [-0.1, -0.05) is 38.5 Å². The molecule has 0 saturated carbocycles. The van der Waals surface area contributed by atoms with E-state index in [1.165, 1.54) is 32.9 Å². The molecule has 2 aromatic rings. The molecule has 0 bridgehead atoms. The standard InChI is InChI=1S/C21H22F5NO4S2/c1-11-5-7-12(8-6-11)33(30,31)27-10-9-13(20(27)21(2,3)4)32(28,29)19-17(25)15(23)14(22)16(24)18(19)26/h5-8,13,20H,9-10H2,1-4H3/t13-,20-/m0/s1. The number of aryl methyl sites for hydroxylation is 1. The van der Waals surface area contributed by atoms with Crippen LogP contribution in [0.15, 0.2) is 34.1 Å².